The van der Waals surface area contributed by atoms with Crippen LogP contribution in [0.15, 0.2) is 30.3 Å². The lowest BCUT2D eigenvalue weighted by atomic mass is 10.1. The molecule has 19 heavy (non-hydrogen) atoms. The number of likely N-dealkylation sites (tertiary alicyclic amines) is 1. The van der Waals surface area contributed by atoms with Gasteiger partial charge in [-0.3, -0.25) is 0 Å². The van der Waals surface area contributed by atoms with Crippen LogP contribution in [0.4, 0.5) is 4.79 Å². The number of aliphatic hydroxyl groups is 1. The molecule has 104 valence electrons. The summed E-state index contributed by atoms with van der Waals surface area (Å²) in [6.45, 7) is 1.27. The van der Waals surface area contributed by atoms with Crippen LogP contribution in [0.1, 0.15) is 31.2 Å². The van der Waals surface area contributed by atoms with E-state index >= 15 is 0 Å². The number of hydrogen-bond donors (Lipinski definition) is 1. The average molecular weight is 263 g/mol. The van der Waals surface area contributed by atoms with E-state index in [1.54, 1.807) is 4.90 Å². The first-order chi connectivity index (χ1) is 9.31. The van der Waals surface area contributed by atoms with Crippen molar-refractivity contribution in [3.63, 3.8) is 0 Å². The van der Waals surface area contributed by atoms with Crippen molar-refractivity contribution in [3.8, 4) is 0 Å². The van der Waals surface area contributed by atoms with E-state index in [9.17, 15) is 4.79 Å². The maximum Gasteiger partial charge on any atom is 0.410 e. The molecule has 0 unspecified atom stereocenters. The highest BCUT2D eigenvalue weighted by Crippen LogP contribution is 2.22. The zero-order valence-corrected chi connectivity index (χ0v) is 11.1. The average Bonchev–Trinajstić information content (AvgIpc) is 2.92. The lowest BCUT2D eigenvalue weighted by molar-refractivity contribution is 0.0895. The molecule has 1 aliphatic heterocycles. The van der Waals surface area contributed by atoms with Crippen molar-refractivity contribution in [2.75, 3.05) is 13.2 Å². The summed E-state index contributed by atoms with van der Waals surface area (Å²) in [5.74, 6) is 0. The molecule has 1 aliphatic rings. The minimum Gasteiger partial charge on any atom is -0.445 e. The number of nitrogens with zero attached hydrogens (tertiary/aromatic N) is 1. The Hall–Kier alpha value is -1.55. The lowest BCUT2D eigenvalue weighted by Gasteiger charge is -2.23. The fourth-order valence-corrected chi connectivity index (χ4v) is 2.51. The van der Waals surface area contributed by atoms with Gasteiger partial charge in [-0.25, -0.2) is 4.79 Å². The molecule has 1 amide bonds. The predicted molar refractivity (Wildman–Crippen MR) is 72.7 cm³/mol. The Balaban J connectivity index is 1.82. The summed E-state index contributed by atoms with van der Waals surface area (Å²) in [5, 5.41) is 8.87. The van der Waals surface area contributed by atoms with Crippen molar-refractivity contribution < 1.29 is 14.6 Å². The molecular formula is C15H21NO3. The molecule has 0 aromatic heterocycles. The van der Waals surface area contributed by atoms with Crippen LogP contribution >= 0.6 is 0 Å². The summed E-state index contributed by atoms with van der Waals surface area (Å²) in [6.07, 6.45) is 3.41. The Bertz CT molecular complexity index is 394. The lowest BCUT2D eigenvalue weighted by Crippen LogP contribution is -2.36. The normalized spacial score (nSPS) is 18.6. The zero-order valence-electron chi connectivity index (χ0n) is 11.1. The van der Waals surface area contributed by atoms with Gasteiger partial charge in [-0.1, -0.05) is 30.3 Å². The summed E-state index contributed by atoms with van der Waals surface area (Å²) in [7, 11) is 0. The second-order valence-electron chi connectivity index (χ2n) is 4.90. The van der Waals surface area contributed by atoms with Crippen LogP contribution < -0.4 is 0 Å². The van der Waals surface area contributed by atoms with E-state index in [-0.39, 0.29) is 18.7 Å². The molecule has 1 fully saturated rings. The van der Waals surface area contributed by atoms with Crippen molar-refractivity contribution >= 4 is 6.09 Å². The highest BCUT2D eigenvalue weighted by Gasteiger charge is 2.29. The van der Waals surface area contributed by atoms with Gasteiger partial charge in [0.05, 0.1) is 0 Å². The minimum absolute atomic E-state index is 0.184. The molecular weight excluding hydrogens is 242 g/mol. The first kappa shape index (κ1) is 13.9. The standard InChI is InChI=1S/C15H21NO3/c17-11-5-9-14-8-4-10-16(14)15(18)19-12-13-6-2-1-3-7-13/h1-3,6-7,14,17H,4-5,8-12H2/t14-/m1/s1. The number of hydrogen-bond acceptors (Lipinski definition) is 3. The first-order valence-electron chi connectivity index (χ1n) is 6.89. The van der Waals surface area contributed by atoms with Crippen LogP contribution in [-0.4, -0.2) is 35.3 Å². The fourth-order valence-electron chi connectivity index (χ4n) is 2.51. The first-order valence-corrected chi connectivity index (χ1v) is 6.89. The highest BCUT2D eigenvalue weighted by atomic mass is 16.6. The van der Waals surface area contributed by atoms with Crippen molar-refractivity contribution in [2.45, 2.75) is 38.3 Å². The summed E-state index contributed by atoms with van der Waals surface area (Å²) >= 11 is 0. The van der Waals surface area contributed by atoms with Gasteiger partial charge in [0, 0.05) is 19.2 Å². The number of amides is 1. The maximum atomic E-state index is 12.0. The molecule has 0 radical (unpaired) electrons. The fraction of sp³-hybridized carbons (Fsp3) is 0.533. The van der Waals surface area contributed by atoms with Crippen LogP contribution in [0.3, 0.4) is 0 Å². The summed E-state index contributed by atoms with van der Waals surface area (Å²) in [6, 6.07) is 9.93. The van der Waals surface area contributed by atoms with E-state index in [0.29, 0.717) is 6.61 Å². The molecule has 0 saturated carbocycles. The molecule has 1 heterocycles. The van der Waals surface area contributed by atoms with Gasteiger partial charge in [0.25, 0.3) is 0 Å². The van der Waals surface area contributed by atoms with Gasteiger partial charge in [-0.15, -0.1) is 0 Å². The topological polar surface area (TPSA) is 49.8 Å². The molecule has 1 saturated heterocycles. The Morgan fingerprint density at radius 1 is 1.37 bits per heavy atom. The van der Waals surface area contributed by atoms with Gasteiger partial charge in [-0.05, 0) is 31.2 Å². The van der Waals surface area contributed by atoms with Crippen LogP contribution in [0.2, 0.25) is 0 Å². The predicted octanol–water partition coefficient (Wildman–Crippen LogP) is 2.56. The van der Waals surface area contributed by atoms with E-state index in [0.717, 1.165) is 37.8 Å². The van der Waals surface area contributed by atoms with Crippen molar-refractivity contribution in [2.24, 2.45) is 0 Å². The molecule has 0 spiro atoms. The quantitative estimate of drug-likeness (QED) is 0.888. The monoisotopic (exact) mass is 263 g/mol. The maximum absolute atomic E-state index is 12.0. The Kier molecular flexibility index (Phi) is 5.21. The Morgan fingerprint density at radius 2 is 2.16 bits per heavy atom. The summed E-state index contributed by atoms with van der Waals surface area (Å²) < 4.78 is 5.35. The molecule has 4 nitrogen and oxygen atoms in total. The molecule has 1 aromatic carbocycles. The number of aliphatic hydroxyl groups excluding tert-OH is 1. The van der Waals surface area contributed by atoms with Gasteiger partial charge in [0.1, 0.15) is 6.61 Å². The molecule has 1 aromatic rings. The molecule has 2 rings (SSSR count). The van der Waals surface area contributed by atoms with E-state index in [1.165, 1.54) is 0 Å². The van der Waals surface area contributed by atoms with Gasteiger partial charge < -0.3 is 14.7 Å². The third-order valence-electron chi connectivity index (χ3n) is 3.51. The van der Waals surface area contributed by atoms with Crippen molar-refractivity contribution in [1.82, 2.24) is 4.90 Å². The van der Waals surface area contributed by atoms with Gasteiger partial charge in [0.2, 0.25) is 0 Å². The van der Waals surface area contributed by atoms with Crippen LogP contribution in [0, 0.1) is 0 Å². The van der Waals surface area contributed by atoms with Crippen LogP contribution in [0.5, 0.6) is 0 Å². The second-order valence-corrected chi connectivity index (χ2v) is 4.90. The third-order valence-corrected chi connectivity index (χ3v) is 3.51. The van der Waals surface area contributed by atoms with Gasteiger partial charge in [0.15, 0.2) is 0 Å². The van der Waals surface area contributed by atoms with E-state index < -0.39 is 0 Å². The van der Waals surface area contributed by atoms with E-state index in [2.05, 4.69) is 0 Å². The van der Waals surface area contributed by atoms with Gasteiger partial charge in [-0.2, -0.15) is 0 Å². The number of carbonyl (C=O) groups is 1. The Labute approximate surface area is 114 Å². The van der Waals surface area contributed by atoms with E-state index in [4.69, 9.17) is 9.84 Å². The Morgan fingerprint density at radius 3 is 2.89 bits per heavy atom. The summed E-state index contributed by atoms with van der Waals surface area (Å²) in [4.78, 5) is 13.8. The molecule has 0 bridgehead atoms. The molecule has 0 aliphatic carbocycles. The number of carbonyl (C=O) groups excluding carboxylic acids is 1. The van der Waals surface area contributed by atoms with Crippen LogP contribution in [0.25, 0.3) is 0 Å². The second kappa shape index (κ2) is 7.14. The smallest absolute Gasteiger partial charge is 0.410 e. The molecule has 1 N–H and O–H groups in total. The number of benzene rings is 1. The van der Waals surface area contributed by atoms with E-state index in [1.807, 2.05) is 30.3 Å². The highest BCUT2D eigenvalue weighted by molar-refractivity contribution is 5.68. The summed E-state index contributed by atoms with van der Waals surface area (Å²) in [5.41, 5.74) is 1.00. The zero-order chi connectivity index (χ0) is 13.5. The molecule has 4 heteroatoms. The largest absolute Gasteiger partial charge is 0.445 e. The van der Waals surface area contributed by atoms with Crippen molar-refractivity contribution in [3.05, 3.63) is 35.9 Å². The SMILES string of the molecule is O=C(OCc1ccccc1)N1CCC[C@@H]1CCCO. The third kappa shape index (κ3) is 3.96. The minimum atomic E-state index is -0.232. The molecule has 1 atom stereocenters. The number of rotatable bonds is 5. The van der Waals surface area contributed by atoms with Crippen LogP contribution in [-0.2, 0) is 11.3 Å². The number of ether oxygens (including phenoxy) is 1. The van der Waals surface area contributed by atoms with Crippen molar-refractivity contribution in [1.29, 1.82) is 0 Å². The van der Waals surface area contributed by atoms with Gasteiger partial charge >= 0.3 is 6.09 Å².